The van der Waals surface area contributed by atoms with E-state index < -0.39 is 0 Å². The Balaban J connectivity index is 2.00. The average Bonchev–Trinajstić information content (AvgIpc) is 2.42. The molecule has 1 aliphatic heterocycles. The molecule has 1 aromatic rings. The molecule has 0 spiro atoms. The first-order chi connectivity index (χ1) is 9.20. The van der Waals surface area contributed by atoms with Gasteiger partial charge in [-0.05, 0) is 31.7 Å². The van der Waals surface area contributed by atoms with Gasteiger partial charge in [0.25, 0.3) is 0 Å². The molecule has 2 N–H and O–H groups in total. The predicted molar refractivity (Wildman–Crippen MR) is 80.5 cm³/mol. The Labute approximate surface area is 123 Å². The van der Waals surface area contributed by atoms with Gasteiger partial charge < -0.3 is 15.4 Å². The molecular weight excluding hydrogens is 285 g/mol. The molecule has 106 valence electrons. The van der Waals surface area contributed by atoms with Crippen molar-refractivity contribution in [2.24, 2.45) is 5.92 Å². The van der Waals surface area contributed by atoms with Crippen LogP contribution in [0.1, 0.15) is 19.8 Å². The van der Waals surface area contributed by atoms with Crippen molar-refractivity contribution in [3.63, 3.8) is 0 Å². The quantitative estimate of drug-likeness (QED) is 0.871. The van der Waals surface area contributed by atoms with Gasteiger partial charge in [-0.1, -0.05) is 23.2 Å². The molecule has 0 saturated carbocycles. The predicted octanol–water partition coefficient (Wildman–Crippen LogP) is 3.66. The summed E-state index contributed by atoms with van der Waals surface area (Å²) in [6.07, 6.45) is 2.16. The summed E-state index contributed by atoms with van der Waals surface area (Å²) in [4.78, 5) is 4.43. The summed E-state index contributed by atoms with van der Waals surface area (Å²) in [6, 6.07) is 1.72. The molecule has 1 saturated heterocycles. The van der Waals surface area contributed by atoms with E-state index in [-0.39, 0.29) is 0 Å². The first kappa shape index (κ1) is 14.7. The second-order valence-electron chi connectivity index (χ2n) is 4.62. The number of anilines is 2. The summed E-state index contributed by atoms with van der Waals surface area (Å²) in [5.41, 5.74) is 0. The molecule has 2 rings (SSSR count). The third-order valence-corrected chi connectivity index (χ3v) is 3.75. The molecule has 0 amide bonds. The van der Waals surface area contributed by atoms with Crippen LogP contribution in [0.25, 0.3) is 0 Å². The van der Waals surface area contributed by atoms with Gasteiger partial charge in [0.15, 0.2) is 0 Å². The van der Waals surface area contributed by atoms with E-state index in [1.807, 2.05) is 6.92 Å². The number of pyridine rings is 1. The molecule has 0 aliphatic carbocycles. The Morgan fingerprint density at radius 1 is 1.21 bits per heavy atom. The molecule has 4 nitrogen and oxygen atoms in total. The lowest BCUT2D eigenvalue weighted by molar-refractivity contribution is 0.0699. The number of halogens is 2. The average molecular weight is 304 g/mol. The van der Waals surface area contributed by atoms with Gasteiger partial charge in [0.05, 0.1) is 10.0 Å². The van der Waals surface area contributed by atoms with Gasteiger partial charge in [0.2, 0.25) is 0 Å². The van der Waals surface area contributed by atoms with Crippen LogP contribution in [0.15, 0.2) is 6.07 Å². The van der Waals surface area contributed by atoms with Crippen LogP contribution in [0.2, 0.25) is 10.0 Å². The Morgan fingerprint density at radius 3 is 2.47 bits per heavy atom. The van der Waals surface area contributed by atoms with Gasteiger partial charge in [-0.25, -0.2) is 4.98 Å². The van der Waals surface area contributed by atoms with E-state index in [1.54, 1.807) is 6.07 Å². The highest BCUT2D eigenvalue weighted by molar-refractivity contribution is 6.37. The summed E-state index contributed by atoms with van der Waals surface area (Å²) < 4.78 is 5.35. The first-order valence-electron chi connectivity index (χ1n) is 6.62. The van der Waals surface area contributed by atoms with Crippen molar-refractivity contribution >= 4 is 34.8 Å². The van der Waals surface area contributed by atoms with Gasteiger partial charge in [-0.2, -0.15) is 0 Å². The van der Waals surface area contributed by atoms with Gasteiger partial charge in [-0.3, -0.25) is 0 Å². The van der Waals surface area contributed by atoms with Crippen LogP contribution in [-0.4, -0.2) is 31.3 Å². The molecule has 2 heterocycles. The van der Waals surface area contributed by atoms with E-state index in [0.29, 0.717) is 27.6 Å². The van der Waals surface area contributed by atoms with Crippen molar-refractivity contribution in [2.45, 2.75) is 19.8 Å². The van der Waals surface area contributed by atoms with Crippen LogP contribution < -0.4 is 10.6 Å². The lowest BCUT2D eigenvalue weighted by Gasteiger charge is -2.22. The number of nitrogens with zero attached hydrogens (tertiary/aromatic N) is 1. The highest BCUT2D eigenvalue weighted by atomic mass is 35.5. The number of hydrogen-bond donors (Lipinski definition) is 2. The maximum Gasteiger partial charge on any atom is 0.147 e. The standard InChI is InChI=1S/C13H19Cl2N3O/c1-2-16-12-10(14)7-11(15)13(18-12)17-8-9-3-5-19-6-4-9/h7,9H,2-6,8H2,1H3,(H2,16,17,18). The summed E-state index contributed by atoms with van der Waals surface area (Å²) in [7, 11) is 0. The lowest BCUT2D eigenvalue weighted by Crippen LogP contribution is -2.23. The molecule has 1 fully saturated rings. The zero-order chi connectivity index (χ0) is 13.7. The van der Waals surface area contributed by atoms with Gasteiger partial charge in [0, 0.05) is 26.3 Å². The highest BCUT2D eigenvalue weighted by Gasteiger charge is 2.15. The summed E-state index contributed by atoms with van der Waals surface area (Å²) in [6.45, 7) is 5.33. The third kappa shape index (κ3) is 4.13. The SMILES string of the molecule is CCNc1nc(NCC2CCOCC2)c(Cl)cc1Cl. The Bertz CT molecular complexity index is 423. The minimum Gasteiger partial charge on any atom is -0.381 e. The van der Waals surface area contributed by atoms with E-state index in [0.717, 1.165) is 39.1 Å². The van der Waals surface area contributed by atoms with Crippen molar-refractivity contribution in [1.82, 2.24) is 4.98 Å². The first-order valence-corrected chi connectivity index (χ1v) is 7.37. The second kappa shape index (κ2) is 7.17. The van der Waals surface area contributed by atoms with Crippen LogP contribution >= 0.6 is 23.2 Å². The molecule has 1 aliphatic rings. The largest absolute Gasteiger partial charge is 0.381 e. The van der Waals surface area contributed by atoms with Crippen LogP contribution in [0.4, 0.5) is 11.6 Å². The number of aromatic nitrogens is 1. The molecular formula is C13H19Cl2N3O. The molecule has 1 aromatic heterocycles. The van der Waals surface area contributed by atoms with E-state index in [1.165, 1.54) is 0 Å². The van der Waals surface area contributed by atoms with Crippen LogP contribution in [0.3, 0.4) is 0 Å². The van der Waals surface area contributed by atoms with Crippen LogP contribution in [0, 0.1) is 5.92 Å². The number of hydrogen-bond acceptors (Lipinski definition) is 4. The van der Waals surface area contributed by atoms with E-state index in [4.69, 9.17) is 27.9 Å². The van der Waals surface area contributed by atoms with Gasteiger partial charge >= 0.3 is 0 Å². The van der Waals surface area contributed by atoms with Crippen molar-refractivity contribution in [2.75, 3.05) is 36.9 Å². The molecule has 0 atom stereocenters. The number of rotatable bonds is 5. The number of nitrogens with one attached hydrogen (secondary N) is 2. The van der Waals surface area contributed by atoms with Crippen LogP contribution in [0.5, 0.6) is 0 Å². The topological polar surface area (TPSA) is 46.2 Å². The molecule has 6 heteroatoms. The van der Waals surface area contributed by atoms with Crippen molar-refractivity contribution in [3.8, 4) is 0 Å². The maximum atomic E-state index is 6.16. The normalized spacial score (nSPS) is 16.4. The maximum absolute atomic E-state index is 6.16. The van der Waals surface area contributed by atoms with E-state index >= 15 is 0 Å². The van der Waals surface area contributed by atoms with Gasteiger partial charge in [0.1, 0.15) is 11.6 Å². The summed E-state index contributed by atoms with van der Waals surface area (Å²) in [5, 5.41) is 7.53. The van der Waals surface area contributed by atoms with E-state index in [9.17, 15) is 0 Å². The summed E-state index contributed by atoms with van der Waals surface area (Å²) in [5.74, 6) is 1.97. The smallest absolute Gasteiger partial charge is 0.147 e. The lowest BCUT2D eigenvalue weighted by atomic mass is 10.0. The van der Waals surface area contributed by atoms with Crippen molar-refractivity contribution in [3.05, 3.63) is 16.1 Å². The molecule has 0 unspecified atom stereocenters. The molecule has 0 bridgehead atoms. The zero-order valence-corrected chi connectivity index (χ0v) is 12.5. The Morgan fingerprint density at radius 2 is 1.84 bits per heavy atom. The second-order valence-corrected chi connectivity index (χ2v) is 5.43. The molecule has 19 heavy (non-hydrogen) atoms. The molecule has 0 radical (unpaired) electrons. The summed E-state index contributed by atoms with van der Waals surface area (Å²) >= 11 is 12.2. The monoisotopic (exact) mass is 303 g/mol. The third-order valence-electron chi connectivity index (χ3n) is 3.17. The Kier molecular flexibility index (Phi) is 5.55. The molecule has 0 aromatic carbocycles. The van der Waals surface area contributed by atoms with E-state index in [2.05, 4.69) is 15.6 Å². The fourth-order valence-corrected chi connectivity index (χ4v) is 2.57. The fraction of sp³-hybridized carbons (Fsp3) is 0.615. The zero-order valence-electron chi connectivity index (χ0n) is 11.0. The number of ether oxygens (including phenoxy) is 1. The minimum absolute atomic E-state index is 0.545. The fourth-order valence-electron chi connectivity index (χ4n) is 2.07. The minimum atomic E-state index is 0.545. The Hall–Kier alpha value is -0.710. The highest BCUT2D eigenvalue weighted by Crippen LogP contribution is 2.29. The van der Waals surface area contributed by atoms with Crippen LogP contribution in [-0.2, 0) is 4.74 Å². The van der Waals surface area contributed by atoms with Gasteiger partial charge in [-0.15, -0.1) is 0 Å². The van der Waals surface area contributed by atoms with Crippen molar-refractivity contribution < 1.29 is 4.74 Å². The van der Waals surface area contributed by atoms with Crippen molar-refractivity contribution in [1.29, 1.82) is 0 Å².